The van der Waals surface area contributed by atoms with Gasteiger partial charge < -0.3 is 20.7 Å². The molecule has 2 amide bonds. The highest BCUT2D eigenvalue weighted by atomic mass is 32.1. The number of primary amides is 1. The molecule has 30 heavy (non-hydrogen) atoms. The third kappa shape index (κ3) is 4.22. The summed E-state index contributed by atoms with van der Waals surface area (Å²) in [5.41, 5.74) is 7.59. The van der Waals surface area contributed by atoms with Crippen LogP contribution in [0.5, 0.6) is 11.5 Å². The van der Waals surface area contributed by atoms with Gasteiger partial charge in [0.15, 0.2) is 0 Å². The molecule has 0 saturated carbocycles. The number of amides is 2. The molecule has 1 aliphatic rings. The molecule has 1 aliphatic heterocycles. The second kappa shape index (κ2) is 8.69. The maximum Gasteiger partial charge on any atom is 0.256 e. The van der Waals surface area contributed by atoms with Crippen LogP contribution in [0.3, 0.4) is 0 Å². The van der Waals surface area contributed by atoms with Crippen LogP contribution in [-0.2, 0) is 13.0 Å². The van der Waals surface area contributed by atoms with Crippen molar-refractivity contribution in [1.29, 1.82) is 0 Å². The molecular weight excluding hydrogens is 398 g/mol. The first kappa shape index (κ1) is 20.1. The van der Waals surface area contributed by atoms with Gasteiger partial charge in [-0.1, -0.05) is 18.2 Å². The minimum atomic E-state index is -0.491. The van der Waals surface area contributed by atoms with Crippen LogP contribution in [0.25, 0.3) is 0 Å². The number of rotatable bonds is 6. The minimum Gasteiger partial charge on any atom is -0.457 e. The van der Waals surface area contributed by atoms with Gasteiger partial charge in [-0.15, -0.1) is 11.3 Å². The van der Waals surface area contributed by atoms with Gasteiger partial charge in [0.25, 0.3) is 11.8 Å². The van der Waals surface area contributed by atoms with Gasteiger partial charge in [0, 0.05) is 12.0 Å². The number of benzene rings is 2. The molecule has 4 rings (SSSR count). The molecule has 0 saturated heterocycles. The Labute approximate surface area is 179 Å². The Hall–Kier alpha value is -3.16. The van der Waals surface area contributed by atoms with Crippen LogP contribution in [-0.4, -0.2) is 24.9 Å². The summed E-state index contributed by atoms with van der Waals surface area (Å²) in [6.45, 7) is 5.01. The summed E-state index contributed by atoms with van der Waals surface area (Å²) in [6.07, 6.45) is 0.800. The molecule has 154 valence electrons. The Kier molecular flexibility index (Phi) is 5.83. The van der Waals surface area contributed by atoms with Crippen molar-refractivity contribution in [1.82, 2.24) is 0 Å². The van der Waals surface area contributed by atoms with Crippen molar-refractivity contribution in [3.8, 4) is 11.5 Å². The number of carbonyl (C=O) groups excluding carboxylic acids is 2. The number of ether oxygens (including phenoxy) is 1. The summed E-state index contributed by atoms with van der Waals surface area (Å²) >= 11 is 1.46. The molecule has 6 nitrogen and oxygen atoms in total. The zero-order valence-corrected chi connectivity index (χ0v) is 17.6. The summed E-state index contributed by atoms with van der Waals surface area (Å²) in [5, 5.41) is 3.44. The molecular formula is C23H24N3O3S+. The highest BCUT2D eigenvalue weighted by molar-refractivity contribution is 7.17. The summed E-state index contributed by atoms with van der Waals surface area (Å²) < 4.78 is 5.76. The third-order valence-electron chi connectivity index (χ3n) is 5.30. The van der Waals surface area contributed by atoms with Crippen molar-refractivity contribution < 1.29 is 19.2 Å². The number of carbonyl (C=O) groups is 2. The lowest BCUT2D eigenvalue weighted by atomic mass is 10.0. The quantitative estimate of drug-likeness (QED) is 0.571. The van der Waals surface area contributed by atoms with Crippen LogP contribution < -0.4 is 20.7 Å². The first-order chi connectivity index (χ1) is 14.5. The largest absolute Gasteiger partial charge is 0.457 e. The van der Waals surface area contributed by atoms with E-state index < -0.39 is 5.91 Å². The Balaban J connectivity index is 1.51. The second-order valence-electron chi connectivity index (χ2n) is 7.25. The number of quaternary nitrogens is 1. The van der Waals surface area contributed by atoms with E-state index in [1.165, 1.54) is 16.2 Å². The highest BCUT2D eigenvalue weighted by Gasteiger charge is 2.29. The minimum absolute atomic E-state index is 0.276. The van der Waals surface area contributed by atoms with Crippen molar-refractivity contribution in [2.24, 2.45) is 5.73 Å². The normalized spacial score (nSPS) is 15.3. The molecule has 1 atom stereocenters. The summed E-state index contributed by atoms with van der Waals surface area (Å²) in [6, 6.07) is 16.4. The molecule has 0 bridgehead atoms. The van der Waals surface area contributed by atoms with Crippen LogP contribution in [0.4, 0.5) is 5.00 Å². The van der Waals surface area contributed by atoms with Gasteiger partial charge in [-0.2, -0.15) is 0 Å². The third-order valence-corrected chi connectivity index (χ3v) is 6.45. The predicted octanol–water partition coefficient (Wildman–Crippen LogP) is 2.85. The molecule has 0 radical (unpaired) electrons. The van der Waals surface area contributed by atoms with Gasteiger partial charge in [0.1, 0.15) is 23.0 Å². The van der Waals surface area contributed by atoms with E-state index >= 15 is 0 Å². The van der Waals surface area contributed by atoms with Gasteiger partial charge in [-0.05, 0) is 48.9 Å². The van der Waals surface area contributed by atoms with Crippen molar-refractivity contribution in [2.45, 2.75) is 19.9 Å². The number of thiophene rings is 1. The van der Waals surface area contributed by atoms with Crippen molar-refractivity contribution >= 4 is 28.2 Å². The van der Waals surface area contributed by atoms with Gasteiger partial charge >= 0.3 is 0 Å². The maximum absolute atomic E-state index is 12.8. The lowest BCUT2D eigenvalue weighted by Crippen LogP contribution is -3.11. The summed E-state index contributed by atoms with van der Waals surface area (Å²) in [4.78, 5) is 27.5. The standard InChI is InChI=1S/C23H23N3O3S/c1-2-26-13-12-18-19(14-26)30-23(20(18)21(24)27)25-22(28)15-8-10-17(11-9-15)29-16-6-4-3-5-7-16/h3-11H,2,12-14H2,1H3,(H2,24,27)(H,25,28)/p+1. The molecule has 1 aromatic heterocycles. The maximum atomic E-state index is 12.8. The fourth-order valence-corrected chi connectivity index (χ4v) is 4.98. The van der Waals surface area contributed by atoms with Gasteiger partial charge in [-0.3, -0.25) is 9.59 Å². The van der Waals surface area contributed by atoms with Crippen LogP contribution in [0.2, 0.25) is 0 Å². The average Bonchev–Trinajstić information content (AvgIpc) is 3.12. The monoisotopic (exact) mass is 422 g/mol. The van der Waals surface area contributed by atoms with E-state index in [4.69, 9.17) is 10.5 Å². The Bertz CT molecular complexity index is 1060. The van der Waals surface area contributed by atoms with E-state index in [-0.39, 0.29) is 5.91 Å². The molecule has 7 heteroatoms. The number of hydrogen-bond donors (Lipinski definition) is 3. The number of nitrogens with one attached hydrogen (secondary N) is 2. The van der Waals surface area contributed by atoms with Gasteiger partial charge in [0.2, 0.25) is 0 Å². The molecule has 0 aliphatic carbocycles. The van der Waals surface area contributed by atoms with E-state index in [1.807, 2.05) is 30.3 Å². The van der Waals surface area contributed by atoms with E-state index in [0.717, 1.165) is 42.2 Å². The van der Waals surface area contributed by atoms with E-state index in [9.17, 15) is 9.59 Å². The van der Waals surface area contributed by atoms with Crippen LogP contribution in [0, 0.1) is 0 Å². The zero-order chi connectivity index (χ0) is 21.1. The number of para-hydroxylation sites is 1. The number of nitrogens with two attached hydrogens (primary N) is 1. The second-order valence-corrected chi connectivity index (χ2v) is 8.35. The fraction of sp³-hybridized carbons (Fsp3) is 0.217. The first-order valence-electron chi connectivity index (χ1n) is 9.97. The highest BCUT2D eigenvalue weighted by Crippen LogP contribution is 2.34. The average molecular weight is 423 g/mol. The van der Waals surface area contributed by atoms with E-state index in [0.29, 0.717) is 21.9 Å². The molecule has 2 heterocycles. The van der Waals surface area contributed by atoms with E-state index in [1.54, 1.807) is 24.3 Å². The van der Waals surface area contributed by atoms with Crippen molar-refractivity contribution in [2.75, 3.05) is 18.4 Å². The van der Waals surface area contributed by atoms with Crippen molar-refractivity contribution in [3.63, 3.8) is 0 Å². The van der Waals surface area contributed by atoms with Gasteiger partial charge in [0.05, 0.1) is 23.5 Å². The van der Waals surface area contributed by atoms with Crippen LogP contribution in [0.15, 0.2) is 54.6 Å². The SMILES string of the molecule is CC[NH+]1CCc2c(sc(NC(=O)c3ccc(Oc4ccccc4)cc3)c2C(N)=O)C1. The van der Waals surface area contributed by atoms with E-state index in [2.05, 4.69) is 12.2 Å². The Morgan fingerprint density at radius 1 is 1.10 bits per heavy atom. The molecule has 0 spiro atoms. The number of hydrogen-bond acceptors (Lipinski definition) is 4. The van der Waals surface area contributed by atoms with Crippen molar-refractivity contribution in [3.05, 3.63) is 76.2 Å². The van der Waals surface area contributed by atoms with Gasteiger partial charge in [-0.25, -0.2) is 0 Å². The molecule has 2 aromatic carbocycles. The summed E-state index contributed by atoms with van der Waals surface area (Å²) in [5.74, 6) is 0.606. The Morgan fingerprint density at radius 2 is 1.80 bits per heavy atom. The zero-order valence-electron chi connectivity index (χ0n) is 16.7. The summed E-state index contributed by atoms with van der Waals surface area (Å²) in [7, 11) is 0. The topological polar surface area (TPSA) is 85.9 Å². The molecule has 3 aromatic rings. The lowest BCUT2D eigenvalue weighted by Gasteiger charge is -2.22. The predicted molar refractivity (Wildman–Crippen MR) is 118 cm³/mol. The Morgan fingerprint density at radius 3 is 2.47 bits per heavy atom. The lowest BCUT2D eigenvalue weighted by molar-refractivity contribution is -0.913. The first-order valence-corrected chi connectivity index (χ1v) is 10.8. The van der Waals surface area contributed by atoms with Crippen LogP contribution in [0.1, 0.15) is 38.1 Å². The van der Waals surface area contributed by atoms with Crippen LogP contribution >= 0.6 is 11.3 Å². The fourth-order valence-electron chi connectivity index (χ4n) is 3.66. The smallest absolute Gasteiger partial charge is 0.256 e. The number of fused-ring (bicyclic) bond motifs is 1. The molecule has 4 N–H and O–H groups in total. The number of anilines is 1. The molecule has 0 fully saturated rings. The number of likely N-dealkylation sites (N-methyl/N-ethyl adjacent to an activating group) is 1. The molecule has 1 unspecified atom stereocenters.